The van der Waals surface area contributed by atoms with E-state index in [1.165, 1.54) is 17.5 Å². The highest BCUT2D eigenvalue weighted by atomic mass is 32.2. The van der Waals surface area contributed by atoms with E-state index in [4.69, 9.17) is 4.74 Å². The lowest BCUT2D eigenvalue weighted by Gasteiger charge is -2.32. The Morgan fingerprint density at radius 2 is 1.89 bits per heavy atom. The van der Waals surface area contributed by atoms with E-state index in [2.05, 4.69) is 9.98 Å². The summed E-state index contributed by atoms with van der Waals surface area (Å²) in [7, 11) is -5.13. The van der Waals surface area contributed by atoms with Crippen LogP contribution < -0.4 is 9.64 Å². The van der Waals surface area contributed by atoms with Crippen molar-refractivity contribution < 1.29 is 34.9 Å². The molecule has 0 spiro atoms. The van der Waals surface area contributed by atoms with E-state index >= 15 is 0 Å². The minimum atomic E-state index is -4.44. The van der Waals surface area contributed by atoms with Gasteiger partial charge in [-0.05, 0) is 37.1 Å². The van der Waals surface area contributed by atoms with Gasteiger partial charge in [-0.3, -0.25) is 0 Å². The maximum absolute atomic E-state index is 14.0. The van der Waals surface area contributed by atoms with Gasteiger partial charge in [-0.15, -0.1) is 0 Å². The summed E-state index contributed by atoms with van der Waals surface area (Å²) in [5, 5.41) is 1.96. The van der Waals surface area contributed by atoms with Crippen molar-refractivity contribution in [1.29, 1.82) is 0 Å². The first-order valence-corrected chi connectivity index (χ1v) is 13.6. The zero-order valence-corrected chi connectivity index (χ0v) is 20.1. The zero-order valence-electron chi connectivity index (χ0n) is 18.5. The molecule has 1 saturated heterocycles. The summed E-state index contributed by atoms with van der Waals surface area (Å²) >= 11 is 0. The molecule has 1 aromatic carbocycles. The van der Waals surface area contributed by atoms with Crippen LogP contribution in [0.3, 0.4) is 0 Å². The predicted octanol–water partition coefficient (Wildman–Crippen LogP) is 3.94. The number of aliphatic imine (C=N–C) groups is 1. The van der Waals surface area contributed by atoms with Crippen LogP contribution in [0, 0.1) is 11.7 Å². The fourth-order valence-electron chi connectivity index (χ4n) is 3.84. The molecule has 2 aliphatic heterocycles. The molecule has 0 aliphatic carbocycles. The van der Waals surface area contributed by atoms with E-state index < -0.39 is 43.1 Å². The molecule has 1 unspecified atom stereocenters. The number of hydrogen-bond acceptors (Lipinski definition) is 7. The fourth-order valence-corrected chi connectivity index (χ4v) is 5.83. The van der Waals surface area contributed by atoms with Gasteiger partial charge < -0.3 is 9.64 Å². The molecule has 4 rings (SSSR count). The molecular weight excluding hydrogens is 510 g/mol. The van der Waals surface area contributed by atoms with Crippen LogP contribution in [0.1, 0.15) is 18.4 Å². The lowest BCUT2D eigenvalue weighted by atomic mass is 9.98. The van der Waals surface area contributed by atoms with Crippen molar-refractivity contribution >= 4 is 31.5 Å². The van der Waals surface area contributed by atoms with Crippen LogP contribution in [-0.4, -0.2) is 48.6 Å². The van der Waals surface area contributed by atoms with Crippen LogP contribution in [0.15, 0.2) is 57.5 Å². The lowest BCUT2D eigenvalue weighted by molar-refractivity contribution is -0.137. The van der Waals surface area contributed by atoms with Crippen molar-refractivity contribution in [3.63, 3.8) is 0 Å². The number of benzene rings is 1. The first-order chi connectivity index (χ1) is 16.4. The molecule has 3 heterocycles. The zero-order chi connectivity index (χ0) is 25.4. The molecule has 7 nitrogen and oxygen atoms in total. The Labute approximate surface area is 201 Å². The van der Waals surface area contributed by atoms with Crippen molar-refractivity contribution in [3.8, 4) is 5.75 Å². The number of alkyl halides is 3. The number of pyridine rings is 1. The third-order valence-electron chi connectivity index (χ3n) is 5.64. The Kier molecular flexibility index (Phi) is 7.00. The summed E-state index contributed by atoms with van der Waals surface area (Å²) < 4.78 is 93.3. The van der Waals surface area contributed by atoms with Gasteiger partial charge in [0.25, 0.3) is 0 Å². The van der Waals surface area contributed by atoms with Gasteiger partial charge in [-0.25, -0.2) is 27.0 Å². The molecule has 0 amide bonds. The molecule has 0 saturated carbocycles. The van der Waals surface area contributed by atoms with Crippen LogP contribution in [0.2, 0.25) is 0 Å². The number of anilines is 1. The van der Waals surface area contributed by atoms with Crippen LogP contribution in [0.5, 0.6) is 5.75 Å². The summed E-state index contributed by atoms with van der Waals surface area (Å²) in [6.07, 6.45) is -1.51. The highest BCUT2D eigenvalue weighted by Crippen LogP contribution is 2.31. The van der Waals surface area contributed by atoms with Gasteiger partial charge in [0.05, 0.1) is 22.1 Å². The Morgan fingerprint density at radius 3 is 2.46 bits per heavy atom. The van der Waals surface area contributed by atoms with E-state index in [-0.39, 0.29) is 18.3 Å². The molecular formula is C22H21F4N3O4S2. The molecule has 188 valence electrons. The summed E-state index contributed by atoms with van der Waals surface area (Å²) in [5.41, 5.74) is -0.389. The van der Waals surface area contributed by atoms with Crippen molar-refractivity contribution in [2.24, 2.45) is 10.9 Å². The molecule has 0 N–H and O–H groups in total. The second-order valence-electron chi connectivity index (χ2n) is 8.17. The third kappa shape index (κ3) is 5.89. The van der Waals surface area contributed by atoms with Gasteiger partial charge in [-0.2, -0.15) is 13.2 Å². The molecule has 13 heteroatoms. The molecule has 1 fully saturated rings. The second kappa shape index (κ2) is 9.69. The predicted molar refractivity (Wildman–Crippen MR) is 123 cm³/mol. The van der Waals surface area contributed by atoms with Gasteiger partial charge in [-0.1, -0.05) is 0 Å². The Hall–Kier alpha value is -2.80. The van der Waals surface area contributed by atoms with Gasteiger partial charge in [0.1, 0.15) is 33.9 Å². The summed E-state index contributed by atoms with van der Waals surface area (Å²) in [4.78, 5) is 9.80. The monoisotopic (exact) mass is 531 g/mol. The van der Waals surface area contributed by atoms with Crippen LogP contribution in [-0.2, 0) is 26.8 Å². The first kappa shape index (κ1) is 25.3. The minimum Gasteiger partial charge on any atom is -0.487 e. The number of aromatic nitrogens is 1. The van der Waals surface area contributed by atoms with E-state index in [1.54, 1.807) is 0 Å². The molecule has 2 aliphatic rings. The molecule has 0 radical (unpaired) electrons. The van der Waals surface area contributed by atoms with Gasteiger partial charge in [0.2, 0.25) is 0 Å². The van der Waals surface area contributed by atoms with E-state index in [1.807, 2.05) is 4.90 Å². The number of ether oxygens (including phenoxy) is 1. The topological polar surface area (TPSA) is 88.9 Å². The Morgan fingerprint density at radius 1 is 1.17 bits per heavy atom. The van der Waals surface area contributed by atoms with E-state index in [9.17, 15) is 30.2 Å². The molecule has 2 aromatic rings. The Bertz CT molecular complexity index is 1300. The van der Waals surface area contributed by atoms with E-state index in [0.29, 0.717) is 42.5 Å². The fraction of sp³-hybridized carbons (Fsp3) is 0.364. The van der Waals surface area contributed by atoms with Crippen LogP contribution in [0.25, 0.3) is 0 Å². The lowest BCUT2D eigenvalue weighted by Crippen LogP contribution is -2.37. The smallest absolute Gasteiger partial charge is 0.417 e. The minimum absolute atomic E-state index is 0.0678. The largest absolute Gasteiger partial charge is 0.487 e. The average Bonchev–Trinajstić information content (AvgIpc) is 3.17. The third-order valence-corrected chi connectivity index (χ3v) is 8.09. The van der Waals surface area contributed by atoms with Gasteiger partial charge in [0, 0.05) is 42.9 Å². The highest BCUT2D eigenvalue weighted by molar-refractivity contribution is 8.03. The first-order valence-electron chi connectivity index (χ1n) is 10.5. The average molecular weight is 532 g/mol. The van der Waals surface area contributed by atoms with Crippen molar-refractivity contribution in [1.82, 2.24) is 4.98 Å². The number of piperidine rings is 1. The standard InChI is InChI=1S/C22H21F4N3O4S2/c1-35(31,32)19-4-3-17(10-18(19)23)33-12-16-13-34(30)21(28-16)14-6-8-29(9-7-14)20-5-2-15(11-27-20)22(24,25)26/h2-5,10-11,13-14H,6-9,12H2,1H3. The summed E-state index contributed by atoms with van der Waals surface area (Å²) in [5.74, 6) is -0.427. The molecule has 1 aromatic heterocycles. The highest BCUT2D eigenvalue weighted by Gasteiger charge is 2.32. The maximum atomic E-state index is 14.0. The summed E-state index contributed by atoms with van der Waals surface area (Å²) in [6, 6.07) is 5.77. The maximum Gasteiger partial charge on any atom is 0.417 e. The van der Waals surface area contributed by atoms with Gasteiger partial charge in [0.15, 0.2) is 9.84 Å². The Balaban J connectivity index is 1.34. The van der Waals surface area contributed by atoms with Crippen LogP contribution >= 0.6 is 0 Å². The molecule has 1 atom stereocenters. The molecule has 35 heavy (non-hydrogen) atoms. The SMILES string of the molecule is CS(=O)(=O)c1ccc(OCC2=CS(=O)C(C3CCN(c4ccc(C(F)(F)F)cn4)CC3)=N2)cc1F. The quantitative estimate of drug-likeness (QED) is 0.525. The normalized spacial score (nSPS) is 19.5. The van der Waals surface area contributed by atoms with Crippen molar-refractivity contribution in [2.45, 2.75) is 23.9 Å². The van der Waals surface area contributed by atoms with Crippen LogP contribution in [0.4, 0.5) is 23.4 Å². The van der Waals surface area contributed by atoms with E-state index in [0.717, 1.165) is 30.7 Å². The summed E-state index contributed by atoms with van der Waals surface area (Å²) in [6.45, 7) is 0.981. The van der Waals surface area contributed by atoms with Crippen molar-refractivity contribution in [3.05, 3.63) is 59.0 Å². The van der Waals surface area contributed by atoms with Gasteiger partial charge >= 0.3 is 6.18 Å². The second-order valence-corrected chi connectivity index (χ2v) is 11.4. The number of nitrogens with zero attached hydrogens (tertiary/aromatic N) is 3. The number of hydrogen-bond donors (Lipinski definition) is 0. The molecule has 0 bridgehead atoms. The number of halogens is 4. The number of rotatable bonds is 6. The number of sulfone groups is 1. The van der Waals surface area contributed by atoms with Crippen molar-refractivity contribution in [2.75, 3.05) is 30.9 Å².